The first-order valence-electron chi connectivity index (χ1n) is 7.90. The lowest BCUT2D eigenvalue weighted by atomic mass is 10.1. The Balaban J connectivity index is 1.61. The number of aromatic nitrogens is 5. The minimum Gasteiger partial charge on any atom is -0.313 e. The van der Waals surface area contributed by atoms with Crippen molar-refractivity contribution < 1.29 is 0 Å². The van der Waals surface area contributed by atoms with Crippen LogP contribution in [0.2, 0.25) is 5.15 Å². The number of nitrogens with one attached hydrogen (secondary N) is 2. The summed E-state index contributed by atoms with van der Waals surface area (Å²) >= 11 is 6.19. The Bertz CT molecular complexity index is 1140. The van der Waals surface area contributed by atoms with Crippen LogP contribution in [0.4, 0.5) is 0 Å². The molecule has 0 aromatic carbocycles. The van der Waals surface area contributed by atoms with Gasteiger partial charge in [0.15, 0.2) is 5.15 Å². The second kappa shape index (κ2) is 6.58. The normalized spacial score (nSPS) is 18.0. The molecule has 1 aliphatic carbocycles. The number of rotatable bonds is 2. The molecule has 0 unspecified atom stereocenters. The number of aromatic amines is 2. The van der Waals surface area contributed by atoms with Gasteiger partial charge in [-0.15, -0.1) is 10.2 Å². The van der Waals surface area contributed by atoms with Crippen LogP contribution in [0.25, 0.3) is 11.3 Å². The molecule has 1 fully saturated rings. The minimum absolute atomic E-state index is 0.134. The molecule has 0 aliphatic heterocycles. The molecule has 3 aromatic heterocycles. The summed E-state index contributed by atoms with van der Waals surface area (Å²) in [6, 6.07) is 7.31. The van der Waals surface area contributed by atoms with Crippen molar-refractivity contribution in [3.05, 3.63) is 73.9 Å². The van der Waals surface area contributed by atoms with Crippen LogP contribution in [0, 0.1) is 17.8 Å². The molecule has 2 atom stereocenters. The van der Waals surface area contributed by atoms with Gasteiger partial charge in [0.2, 0.25) is 0 Å². The average Bonchev–Trinajstić information content (AvgIpc) is 3.41. The fourth-order valence-corrected chi connectivity index (χ4v) is 2.92. The summed E-state index contributed by atoms with van der Waals surface area (Å²) in [5, 5.41) is 8.19. The van der Waals surface area contributed by atoms with E-state index in [0.29, 0.717) is 10.8 Å². The molecular formula is C18H12ClN5O2. The van der Waals surface area contributed by atoms with E-state index in [9.17, 15) is 9.59 Å². The van der Waals surface area contributed by atoms with Crippen LogP contribution in [0.5, 0.6) is 0 Å². The topological polar surface area (TPSA) is 104 Å². The molecule has 26 heavy (non-hydrogen) atoms. The molecule has 128 valence electrons. The minimum atomic E-state index is -0.576. The molecule has 4 rings (SSSR count). The van der Waals surface area contributed by atoms with E-state index in [-0.39, 0.29) is 17.4 Å². The summed E-state index contributed by atoms with van der Waals surface area (Å²) in [6.45, 7) is 0. The molecule has 2 N–H and O–H groups in total. The van der Waals surface area contributed by atoms with Crippen LogP contribution in [-0.4, -0.2) is 25.1 Å². The Labute approximate surface area is 152 Å². The summed E-state index contributed by atoms with van der Waals surface area (Å²) in [5.41, 5.74) is 0.990. The Morgan fingerprint density at radius 3 is 2.88 bits per heavy atom. The third-order valence-corrected chi connectivity index (χ3v) is 4.41. The maximum absolute atomic E-state index is 11.9. The number of hydrogen-bond acceptors (Lipinski definition) is 5. The van der Waals surface area contributed by atoms with Gasteiger partial charge in [-0.3, -0.25) is 9.78 Å². The van der Waals surface area contributed by atoms with Crippen molar-refractivity contribution in [2.24, 2.45) is 5.92 Å². The van der Waals surface area contributed by atoms with Crippen molar-refractivity contribution in [1.29, 1.82) is 0 Å². The molecule has 0 spiro atoms. The standard InChI is InChI=1S/C18H12ClN5O2/c19-16-13(12-7-10(12)4-5-11-3-1-2-6-20-11)8-15(23-24-16)14-9-21-18(26)22-17(14)25/h1-3,6,8-10,12H,7H2,(H2,21,22,25,26)/t10-,12-/m0/s1. The van der Waals surface area contributed by atoms with Crippen molar-refractivity contribution in [3.63, 3.8) is 0 Å². The third kappa shape index (κ3) is 3.27. The molecule has 1 aliphatic rings. The summed E-state index contributed by atoms with van der Waals surface area (Å²) in [5.74, 6) is 6.53. The van der Waals surface area contributed by atoms with Gasteiger partial charge in [-0.1, -0.05) is 23.6 Å². The maximum atomic E-state index is 11.9. The first-order valence-corrected chi connectivity index (χ1v) is 8.27. The van der Waals surface area contributed by atoms with Gasteiger partial charge in [-0.25, -0.2) is 9.78 Å². The van der Waals surface area contributed by atoms with Crippen LogP contribution in [0.1, 0.15) is 23.6 Å². The predicted octanol–water partition coefficient (Wildman–Crippen LogP) is 1.72. The smallest absolute Gasteiger partial charge is 0.313 e. The molecule has 0 saturated heterocycles. The molecule has 3 heterocycles. The average molecular weight is 366 g/mol. The Hall–Kier alpha value is -3.24. The maximum Gasteiger partial charge on any atom is 0.325 e. The quantitative estimate of drug-likeness (QED) is 0.673. The van der Waals surface area contributed by atoms with E-state index < -0.39 is 11.2 Å². The zero-order valence-electron chi connectivity index (χ0n) is 13.4. The predicted molar refractivity (Wildman–Crippen MR) is 95.7 cm³/mol. The van der Waals surface area contributed by atoms with Gasteiger partial charge in [0.05, 0.1) is 5.56 Å². The summed E-state index contributed by atoms with van der Waals surface area (Å²) in [7, 11) is 0. The largest absolute Gasteiger partial charge is 0.325 e. The fourth-order valence-electron chi connectivity index (χ4n) is 2.68. The van der Waals surface area contributed by atoms with E-state index >= 15 is 0 Å². The van der Waals surface area contributed by atoms with E-state index in [1.54, 1.807) is 12.3 Å². The molecule has 0 amide bonds. The molecular weight excluding hydrogens is 354 g/mol. The summed E-state index contributed by atoms with van der Waals surface area (Å²) < 4.78 is 0. The lowest BCUT2D eigenvalue weighted by Crippen LogP contribution is -2.23. The lowest BCUT2D eigenvalue weighted by molar-refractivity contribution is 0.953. The van der Waals surface area contributed by atoms with Crippen molar-refractivity contribution in [2.75, 3.05) is 0 Å². The van der Waals surface area contributed by atoms with Gasteiger partial charge < -0.3 is 4.98 Å². The van der Waals surface area contributed by atoms with Crippen LogP contribution < -0.4 is 11.2 Å². The number of hydrogen-bond donors (Lipinski definition) is 2. The molecule has 3 aromatic rings. The van der Waals surface area contributed by atoms with Crippen LogP contribution in [-0.2, 0) is 0 Å². The number of pyridine rings is 1. The van der Waals surface area contributed by atoms with E-state index in [1.165, 1.54) is 6.20 Å². The van der Waals surface area contributed by atoms with Gasteiger partial charge in [0.1, 0.15) is 11.4 Å². The van der Waals surface area contributed by atoms with Crippen LogP contribution in [0.3, 0.4) is 0 Å². The molecule has 0 bridgehead atoms. The van der Waals surface area contributed by atoms with Crippen LogP contribution in [0.15, 0.2) is 46.2 Å². The number of nitrogens with zero attached hydrogens (tertiary/aromatic N) is 3. The van der Waals surface area contributed by atoms with Crippen molar-refractivity contribution in [1.82, 2.24) is 25.1 Å². The SMILES string of the molecule is O=c1[nH]cc(-c2cc([C@H]3C[C@@H]3C#Cc3ccccn3)c(Cl)nn2)c(=O)[nH]1. The highest BCUT2D eigenvalue weighted by atomic mass is 35.5. The monoisotopic (exact) mass is 365 g/mol. The van der Waals surface area contributed by atoms with Crippen LogP contribution >= 0.6 is 11.6 Å². The van der Waals surface area contributed by atoms with Gasteiger partial charge >= 0.3 is 5.69 Å². The second-order valence-electron chi connectivity index (χ2n) is 5.89. The molecule has 7 nitrogen and oxygen atoms in total. The highest BCUT2D eigenvalue weighted by molar-refractivity contribution is 6.30. The zero-order chi connectivity index (χ0) is 18.1. The van der Waals surface area contributed by atoms with E-state index in [4.69, 9.17) is 11.6 Å². The Kier molecular flexibility index (Phi) is 4.11. The van der Waals surface area contributed by atoms with Crippen molar-refractivity contribution in [2.45, 2.75) is 12.3 Å². The van der Waals surface area contributed by atoms with Gasteiger partial charge in [0, 0.05) is 24.2 Å². The number of halogens is 1. The van der Waals surface area contributed by atoms with E-state index in [0.717, 1.165) is 17.7 Å². The summed E-state index contributed by atoms with van der Waals surface area (Å²) in [6.07, 6.45) is 3.87. The van der Waals surface area contributed by atoms with E-state index in [2.05, 4.69) is 37.0 Å². The highest BCUT2D eigenvalue weighted by Crippen LogP contribution is 2.49. The zero-order valence-corrected chi connectivity index (χ0v) is 14.1. The Morgan fingerprint density at radius 1 is 1.23 bits per heavy atom. The summed E-state index contributed by atoms with van der Waals surface area (Å²) in [4.78, 5) is 31.9. The first kappa shape index (κ1) is 16.2. The van der Waals surface area contributed by atoms with Crippen molar-refractivity contribution >= 4 is 11.6 Å². The van der Waals surface area contributed by atoms with Gasteiger partial charge in [-0.2, -0.15) is 0 Å². The fraction of sp³-hybridized carbons (Fsp3) is 0.167. The molecule has 1 saturated carbocycles. The molecule has 0 radical (unpaired) electrons. The van der Waals surface area contributed by atoms with Crippen molar-refractivity contribution in [3.8, 4) is 23.1 Å². The van der Waals surface area contributed by atoms with Gasteiger partial charge in [0.25, 0.3) is 5.56 Å². The number of H-pyrrole nitrogens is 2. The third-order valence-electron chi connectivity index (χ3n) is 4.11. The lowest BCUT2D eigenvalue weighted by Gasteiger charge is -2.04. The Morgan fingerprint density at radius 2 is 2.12 bits per heavy atom. The van der Waals surface area contributed by atoms with E-state index in [1.807, 2.05) is 18.2 Å². The molecule has 8 heteroatoms. The van der Waals surface area contributed by atoms with Gasteiger partial charge in [-0.05, 0) is 36.1 Å². The highest BCUT2D eigenvalue weighted by Gasteiger charge is 2.39. The first-order chi connectivity index (χ1) is 12.6. The second-order valence-corrected chi connectivity index (χ2v) is 6.25.